The lowest BCUT2D eigenvalue weighted by Gasteiger charge is -2.19. The van der Waals surface area contributed by atoms with Crippen molar-refractivity contribution in [3.63, 3.8) is 0 Å². The molecule has 1 heterocycles. The van der Waals surface area contributed by atoms with Crippen molar-refractivity contribution in [1.29, 1.82) is 0 Å². The lowest BCUT2D eigenvalue weighted by Crippen LogP contribution is -2.54. The van der Waals surface area contributed by atoms with E-state index >= 15 is 0 Å². The van der Waals surface area contributed by atoms with Gasteiger partial charge in [-0.15, -0.1) is 0 Å². The second-order valence-corrected chi connectivity index (χ2v) is 7.14. The molecule has 0 aliphatic carbocycles. The molecule has 0 aliphatic heterocycles. The van der Waals surface area contributed by atoms with Gasteiger partial charge in [0.25, 0.3) is 0 Å². The number of carbonyl (C=O) groups is 4. The molecule has 12 heteroatoms. The normalized spacial score (nSPS) is 13.8. The summed E-state index contributed by atoms with van der Waals surface area (Å²) >= 11 is 4.04. The number of aliphatic hydroxyl groups is 1. The highest BCUT2D eigenvalue weighted by molar-refractivity contribution is 7.80. The number of carboxylic acid groups (broad SMARTS) is 1. The number of thiol groups is 1. The first-order chi connectivity index (χ1) is 14.8. The summed E-state index contributed by atoms with van der Waals surface area (Å²) in [4.78, 5) is 50.3. The molecule has 168 valence electrons. The minimum absolute atomic E-state index is 0.0482. The molecule has 0 bridgehead atoms. The molecular formula is C19H25N5O6S. The van der Waals surface area contributed by atoms with Crippen LogP contribution in [0.15, 0.2) is 30.5 Å². The van der Waals surface area contributed by atoms with Crippen molar-refractivity contribution in [2.24, 2.45) is 5.73 Å². The highest BCUT2D eigenvalue weighted by Gasteiger charge is 2.24. The van der Waals surface area contributed by atoms with Gasteiger partial charge in [-0.2, -0.15) is 12.6 Å². The molecule has 3 amide bonds. The first-order valence-electron chi connectivity index (χ1n) is 9.39. The number of para-hydroxylation sites is 1. The molecule has 31 heavy (non-hydrogen) atoms. The summed E-state index contributed by atoms with van der Waals surface area (Å²) in [6.45, 7) is -1.33. The zero-order chi connectivity index (χ0) is 23.0. The Kier molecular flexibility index (Phi) is 8.85. The number of aliphatic carboxylic acids is 1. The summed E-state index contributed by atoms with van der Waals surface area (Å²) in [5.41, 5.74) is 7.78. The Hall–Kier alpha value is -3.09. The largest absolute Gasteiger partial charge is 0.480 e. The third-order valence-electron chi connectivity index (χ3n) is 4.51. The molecule has 0 saturated carbocycles. The quantitative estimate of drug-likeness (QED) is 0.184. The van der Waals surface area contributed by atoms with Gasteiger partial charge < -0.3 is 36.9 Å². The number of fused-ring (bicyclic) bond motifs is 1. The number of nitrogens with two attached hydrogens (primary N) is 1. The Morgan fingerprint density at radius 2 is 1.81 bits per heavy atom. The highest BCUT2D eigenvalue weighted by Crippen LogP contribution is 2.18. The summed E-state index contributed by atoms with van der Waals surface area (Å²) in [6, 6.07) is 4.13. The molecule has 3 atom stereocenters. The van der Waals surface area contributed by atoms with E-state index in [9.17, 15) is 19.2 Å². The van der Waals surface area contributed by atoms with Gasteiger partial charge >= 0.3 is 5.97 Å². The number of carboxylic acids is 1. The van der Waals surface area contributed by atoms with Crippen molar-refractivity contribution >= 4 is 47.2 Å². The van der Waals surface area contributed by atoms with Crippen LogP contribution in [0.3, 0.4) is 0 Å². The molecule has 0 saturated heterocycles. The van der Waals surface area contributed by atoms with Crippen LogP contribution in [0.5, 0.6) is 0 Å². The number of aromatic nitrogens is 1. The van der Waals surface area contributed by atoms with E-state index in [2.05, 4.69) is 28.2 Å². The van der Waals surface area contributed by atoms with Crippen molar-refractivity contribution in [2.45, 2.75) is 24.5 Å². The Labute approximate surface area is 183 Å². The fourth-order valence-electron chi connectivity index (χ4n) is 2.82. The van der Waals surface area contributed by atoms with E-state index in [4.69, 9.17) is 15.9 Å². The predicted molar refractivity (Wildman–Crippen MR) is 115 cm³/mol. The van der Waals surface area contributed by atoms with E-state index in [0.717, 1.165) is 16.5 Å². The number of benzene rings is 1. The van der Waals surface area contributed by atoms with Gasteiger partial charge in [-0.05, 0) is 18.1 Å². The number of H-pyrrole nitrogens is 1. The first-order valence-corrected chi connectivity index (χ1v) is 10.0. The summed E-state index contributed by atoms with van der Waals surface area (Å²) in [7, 11) is 0. The number of aromatic amines is 1. The Bertz CT molecular complexity index is 949. The molecule has 2 aromatic rings. The predicted octanol–water partition coefficient (Wildman–Crippen LogP) is -1.87. The number of hydrogen-bond acceptors (Lipinski definition) is 7. The van der Waals surface area contributed by atoms with Gasteiger partial charge in [0.2, 0.25) is 17.7 Å². The molecule has 1 aromatic carbocycles. The van der Waals surface area contributed by atoms with Crippen molar-refractivity contribution in [3.8, 4) is 0 Å². The molecule has 8 N–H and O–H groups in total. The highest BCUT2D eigenvalue weighted by atomic mass is 32.1. The van der Waals surface area contributed by atoms with Gasteiger partial charge in [0.05, 0.1) is 19.2 Å². The van der Waals surface area contributed by atoms with Crippen molar-refractivity contribution < 1.29 is 29.4 Å². The molecule has 0 fully saturated rings. The number of amides is 3. The SMILES string of the molecule is NC(Cc1c[nH]c2ccccc12)C(=O)NC(CS)C(=O)NCC(=O)NC(CO)C(=O)O. The van der Waals surface area contributed by atoms with Crippen LogP contribution in [0, 0.1) is 0 Å². The van der Waals surface area contributed by atoms with Crippen LogP contribution >= 0.6 is 12.6 Å². The number of carbonyl (C=O) groups excluding carboxylic acids is 3. The average molecular weight is 452 g/mol. The fourth-order valence-corrected chi connectivity index (χ4v) is 3.08. The van der Waals surface area contributed by atoms with Crippen molar-refractivity contribution in [1.82, 2.24) is 20.9 Å². The molecule has 0 radical (unpaired) electrons. The van der Waals surface area contributed by atoms with Crippen LogP contribution in [0.25, 0.3) is 10.9 Å². The number of nitrogens with one attached hydrogen (secondary N) is 4. The summed E-state index contributed by atoms with van der Waals surface area (Å²) in [5.74, 6) is -3.52. The molecule has 2 rings (SSSR count). The third-order valence-corrected chi connectivity index (χ3v) is 4.87. The zero-order valence-corrected chi connectivity index (χ0v) is 17.4. The van der Waals surface area contributed by atoms with E-state index < -0.39 is 55.0 Å². The van der Waals surface area contributed by atoms with E-state index in [0.29, 0.717) is 0 Å². The third kappa shape index (κ3) is 6.70. The number of rotatable bonds is 11. The smallest absolute Gasteiger partial charge is 0.328 e. The van der Waals surface area contributed by atoms with Crippen molar-refractivity contribution in [2.75, 3.05) is 18.9 Å². The monoisotopic (exact) mass is 451 g/mol. The fraction of sp³-hybridized carbons (Fsp3) is 0.368. The van der Waals surface area contributed by atoms with Crippen LogP contribution in [0.4, 0.5) is 0 Å². The summed E-state index contributed by atoms with van der Waals surface area (Å²) < 4.78 is 0. The van der Waals surface area contributed by atoms with E-state index in [1.165, 1.54) is 0 Å². The molecule has 0 aliphatic rings. The van der Waals surface area contributed by atoms with Crippen molar-refractivity contribution in [3.05, 3.63) is 36.0 Å². The second-order valence-electron chi connectivity index (χ2n) is 6.77. The van der Waals surface area contributed by atoms with Crippen LogP contribution in [-0.2, 0) is 25.6 Å². The van der Waals surface area contributed by atoms with Crippen LogP contribution in [0.2, 0.25) is 0 Å². The molecular weight excluding hydrogens is 426 g/mol. The topological polar surface area (TPSA) is 187 Å². The van der Waals surface area contributed by atoms with Gasteiger partial charge in [-0.25, -0.2) is 4.79 Å². The van der Waals surface area contributed by atoms with Gasteiger partial charge in [0, 0.05) is 22.9 Å². The van der Waals surface area contributed by atoms with Crippen LogP contribution < -0.4 is 21.7 Å². The van der Waals surface area contributed by atoms with Gasteiger partial charge in [0.15, 0.2) is 0 Å². The lowest BCUT2D eigenvalue weighted by molar-refractivity contribution is -0.142. The first kappa shape index (κ1) is 24.2. The van der Waals surface area contributed by atoms with Crippen LogP contribution in [0.1, 0.15) is 5.56 Å². The van der Waals surface area contributed by atoms with E-state index in [1.807, 2.05) is 29.6 Å². The molecule has 11 nitrogen and oxygen atoms in total. The zero-order valence-electron chi connectivity index (χ0n) is 16.5. The maximum absolute atomic E-state index is 12.4. The summed E-state index contributed by atoms with van der Waals surface area (Å²) in [6.07, 6.45) is 2.02. The Morgan fingerprint density at radius 1 is 1.10 bits per heavy atom. The standard InChI is InChI=1S/C19H25N5O6S/c20-12(5-10-6-21-13-4-2-1-3-11(10)13)17(27)24-15(9-31)18(28)22-7-16(26)23-14(8-25)19(29)30/h1-4,6,12,14-15,21,25,31H,5,7-9,20H2,(H,22,28)(H,23,26)(H,24,27)(H,29,30). The van der Waals surface area contributed by atoms with Gasteiger partial charge in [-0.1, -0.05) is 18.2 Å². The second kappa shape index (κ2) is 11.3. The Balaban J connectivity index is 1.87. The molecule has 3 unspecified atom stereocenters. The average Bonchev–Trinajstić information content (AvgIpc) is 3.16. The minimum Gasteiger partial charge on any atom is -0.480 e. The number of aliphatic hydroxyl groups excluding tert-OH is 1. The molecule has 0 spiro atoms. The maximum Gasteiger partial charge on any atom is 0.328 e. The number of hydrogen-bond donors (Lipinski definition) is 8. The van der Waals surface area contributed by atoms with E-state index in [1.54, 1.807) is 6.20 Å². The maximum atomic E-state index is 12.4. The Morgan fingerprint density at radius 3 is 2.45 bits per heavy atom. The van der Waals surface area contributed by atoms with Gasteiger partial charge in [-0.3, -0.25) is 14.4 Å². The lowest BCUT2D eigenvalue weighted by atomic mass is 10.0. The van der Waals surface area contributed by atoms with E-state index in [-0.39, 0.29) is 12.2 Å². The van der Waals surface area contributed by atoms with Gasteiger partial charge in [0.1, 0.15) is 12.1 Å². The summed E-state index contributed by atoms with van der Waals surface area (Å²) in [5, 5.41) is 25.5. The minimum atomic E-state index is -1.48. The molecule has 1 aromatic heterocycles. The van der Waals surface area contributed by atoms with Crippen LogP contribution in [-0.4, -0.2) is 75.9 Å².